The van der Waals surface area contributed by atoms with Gasteiger partial charge in [-0.2, -0.15) is 9.40 Å². The summed E-state index contributed by atoms with van der Waals surface area (Å²) in [6.45, 7) is 6.80. The number of nitrogens with zero attached hydrogens (tertiary/aromatic N) is 2. The quantitative estimate of drug-likeness (QED) is 0.848. The number of hydrogen-bond acceptors (Lipinski definition) is 5. The molecule has 2 heterocycles. The van der Waals surface area contributed by atoms with E-state index in [-0.39, 0.29) is 22.6 Å². The second kappa shape index (κ2) is 5.76. The highest BCUT2D eigenvalue weighted by atomic mass is 32.2. The van der Waals surface area contributed by atoms with Crippen LogP contribution in [0.15, 0.2) is 11.2 Å². The summed E-state index contributed by atoms with van der Waals surface area (Å²) in [6, 6.07) is 0. The van der Waals surface area contributed by atoms with E-state index in [0.29, 0.717) is 13.1 Å². The van der Waals surface area contributed by atoms with Crippen molar-refractivity contribution in [3.05, 3.63) is 11.8 Å². The van der Waals surface area contributed by atoms with Gasteiger partial charge in [0, 0.05) is 13.1 Å². The second-order valence-corrected chi connectivity index (χ2v) is 7.81. The Morgan fingerprint density at radius 3 is 2.86 bits per heavy atom. The van der Waals surface area contributed by atoms with Crippen LogP contribution in [0.1, 0.15) is 44.0 Å². The van der Waals surface area contributed by atoms with E-state index in [1.165, 1.54) is 10.5 Å². The Bertz CT molecular complexity index is 621. The molecule has 1 saturated heterocycles. The van der Waals surface area contributed by atoms with Crippen LogP contribution in [0.25, 0.3) is 0 Å². The van der Waals surface area contributed by atoms with Crippen molar-refractivity contribution in [2.45, 2.75) is 38.6 Å². The molecule has 21 heavy (non-hydrogen) atoms. The van der Waals surface area contributed by atoms with E-state index in [1.54, 1.807) is 6.92 Å². The minimum Gasteiger partial charge on any atom is -0.462 e. The first-order valence-corrected chi connectivity index (χ1v) is 8.42. The number of carbonyl (C=O) groups is 1. The van der Waals surface area contributed by atoms with Crippen molar-refractivity contribution >= 4 is 16.0 Å². The summed E-state index contributed by atoms with van der Waals surface area (Å²) in [4.78, 5) is 11.8. The van der Waals surface area contributed by atoms with Crippen molar-refractivity contribution in [2.75, 3.05) is 19.7 Å². The molecule has 1 fully saturated rings. The van der Waals surface area contributed by atoms with Crippen LogP contribution in [0.2, 0.25) is 0 Å². The first-order valence-electron chi connectivity index (χ1n) is 6.98. The fourth-order valence-electron chi connectivity index (χ4n) is 2.53. The molecule has 1 aliphatic heterocycles. The molecule has 8 heteroatoms. The molecule has 0 radical (unpaired) electrons. The van der Waals surface area contributed by atoms with E-state index in [2.05, 4.69) is 10.2 Å². The number of ether oxygens (including phenoxy) is 1. The van der Waals surface area contributed by atoms with Crippen molar-refractivity contribution in [3.63, 3.8) is 0 Å². The number of esters is 1. The molecule has 0 bridgehead atoms. The summed E-state index contributed by atoms with van der Waals surface area (Å²) >= 11 is 0. The molecule has 118 valence electrons. The molecular weight excluding hydrogens is 294 g/mol. The van der Waals surface area contributed by atoms with Crippen LogP contribution in [0.3, 0.4) is 0 Å². The van der Waals surface area contributed by atoms with Crippen LogP contribution < -0.4 is 0 Å². The lowest BCUT2D eigenvalue weighted by molar-refractivity contribution is 0.0521. The van der Waals surface area contributed by atoms with E-state index < -0.39 is 16.0 Å². The summed E-state index contributed by atoms with van der Waals surface area (Å²) in [5, 5.41) is 5.94. The number of aromatic nitrogens is 2. The minimum atomic E-state index is -3.77. The number of piperidine rings is 1. The monoisotopic (exact) mass is 315 g/mol. The predicted octanol–water partition coefficient (Wildman–Crippen LogP) is 1.40. The number of nitrogens with one attached hydrogen (secondary N) is 1. The lowest BCUT2D eigenvalue weighted by Crippen LogP contribution is -2.43. The molecule has 0 amide bonds. The second-order valence-electron chi connectivity index (χ2n) is 5.94. The zero-order valence-electron chi connectivity index (χ0n) is 12.5. The molecule has 0 saturated carbocycles. The van der Waals surface area contributed by atoms with Crippen LogP contribution in [0.4, 0.5) is 0 Å². The van der Waals surface area contributed by atoms with Gasteiger partial charge in [0.1, 0.15) is 5.56 Å². The topological polar surface area (TPSA) is 92.4 Å². The Labute approximate surface area is 124 Å². The van der Waals surface area contributed by atoms with Crippen molar-refractivity contribution in [3.8, 4) is 0 Å². The molecule has 0 spiro atoms. The van der Waals surface area contributed by atoms with Gasteiger partial charge in [0.2, 0.25) is 0 Å². The molecule has 7 nitrogen and oxygen atoms in total. The van der Waals surface area contributed by atoms with E-state index in [0.717, 1.165) is 12.8 Å². The lowest BCUT2D eigenvalue weighted by atomic mass is 9.85. The summed E-state index contributed by atoms with van der Waals surface area (Å²) in [5.41, 5.74) is -0.115. The molecule has 1 aliphatic rings. The van der Waals surface area contributed by atoms with E-state index in [9.17, 15) is 13.2 Å². The van der Waals surface area contributed by atoms with Gasteiger partial charge in [-0.25, -0.2) is 13.2 Å². The maximum atomic E-state index is 12.7. The third-order valence-electron chi connectivity index (χ3n) is 3.56. The summed E-state index contributed by atoms with van der Waals surface area (Å²) < 4.78 is 31.7. The van der Waals surface area contributed by atoms with Crippen molar-refractivity contribution in [1.82, 2.24) is 14.5 Å². The minimum absolute atomic E-state index is 0.0415. The number of rotatable bonds is 4. The van der Waals surface area contributed by atoms with Crippen LogP contribution in [-0.2, 0) is 14.8 Å². The first kappa shape index (κ1) is 16.0. The first-order chi connectivity index (χ1) is 9.78. The largest absolute Gasteiger partial charge is 0.462 e. The van der Waals surface area contributed by atoms with Crippen LogP contribution in [0, 0.1) is 5.41 Å². The number of H-pyrrole nitrogens is 1. The smallest absolute Gasteiger partial charge is 0.342 e. The highest BCUT2D eigenvalue weighted by molar-refractivity contribution is 7.89. The summed E-state index contributed by atoms with van der Waals surface area (Å²) in [6.07, 6.45) is 2.97. The molecule has 0 atom stereocenters. The molecule has 0 aromatic carbocycles. The third-order valence-corrected chi connectivity index (χ3v) is 5.38. The van der Waals surface area contributed by atoms with E-state index in [1.807, 2.05) is 13.8 Å². The molecule has 2 rings (SSSR count). The average molecular weight is 315 g/mol. The van der Waals surface area contributed by atoms with E-state index >= 15 is 0 Å². The molecule has 1 N–H and O–H groups in total. The maximum Gasteiger partial charge on any atom is 0.342 e. The summed E-state index contributed by atoms with van der Waals surface area (Å²) in [7, 11) is -3.77. The molecule has 1 aromatic rings. The van der Waals surface area contributed by atoms with Crippen molar-refractivity contribution in [1.29, 1.82) is 0 Å². The molecule has 1 aromatic heterocycles. The highest BCUT2D eigenvalue weighted by Crippen LogP contribution is 2.32. The Morgan fingerprint density at radius 1 is 1.52 bits per heavy atom. The number of carbonyl (C=O) groups excluding carboxylic acids is 1. The number of aromatic amines is 1. The normalized spacial score (nSPS) is 19.4. The SMILES string of the molecule is CCOC(=O)c1cn[nH]c1S(=O)(=O)N1CCCC(C)(C)C1. The highest BCUT2D eigenvalue weighted by Gasteiger charge is 2.37. The van der Waals surface area contributed by atoms with Gasteiger partial charge in [-0.1, -0.05) is 13.8 Å². The van der Waals surface area contributed by atoms with Gasteiger partial charge in [-0.05, 0) is 25.2 Å². The Balaban J connectivity index is 2.32. The average Bonchev–Trinajstić information content (AvgIpc) is 2.87. The van der Waals surface area contributed by atoms with Crippen molar-refractivity contribution < 1.29 is 17.9 Å². The van der Waals surface area contributed by atoms with Gasteiger partial charge in [0.15, 0.2) is 5.03 Å². The standard InChI is InChI=1S/C13H21N3O4S/c1-4-20-12(17)10-8-14-15-11(10)21(18,19)16-7-5-6-13(2,3)9-16/h8H,4-7,9H2,1-3H3,(H,14,15). The Kier molecular flexibility index (Phi) is 4.38. The molecule has 0 aliphatic carbocycles. The van der Waals surface area contributed by atoms with Gasteiger partial charge in [-0.15, -0.1) is 0 Å². The zero-order chi connectivity index (χ0) is 15.7. The summed E-state index contributed by atoms with van der Waals surface area (Å²) in [5.74, 6) is -0.680. The van der Waals surface area contributed by atoms with Gasteiger partial charge < -0.3 is 4.74 Å². The number of sulfonamides is 1. The Morgan fingerprint density at radius 2 is 2.24 bits per heavy atom. The third kappa shape index (κ3) is 3.26. The van der Waals surface area contributed by atoms with Crippen LogP contribution >= 0.6 is 0 Å². The molecule has 0 unspecified atom stereocenters. The van der Waals surface area contributed by atoms with Crippen LogP contribution in [0.5, 0.6) is 0 Å². The van der Waals surface area contributed by atoms with E-state index in [4.69, 9.17) is 4.74 Å². The number of hydrogen-bond donors (Lipinski definition) is 1. The Hall–Kier alpha value is -1.41. The van der Waals surface area contributed by atoms with Gasteiger partial charge in [-0.3, -0.25) is 5.10 Å². The fourth-order valence-corrected chi connectivity index (χ4v) is 4.26. The molecular formula is C13H21N3O4S. The lowest BCUT2D eigenvalue weighted by Gasteiger charge is -2.36. The van der Waals surface area contributed by atoms with Gasteiger partial charge >= 0.3 is 5.97 Å². The van der Waals surface area contributed by atoms with Gasteiger partial charge in [0.25, 0.3) is 10.0 Å². The fraction of sp³-hybridized carbons (Fsp3) is 0.692. The zero-order valence-corrected chi connectivity index (χ0v) is 13.4. The predicted molar refractivity (Wildman–Crippen MR) is 76.3 cm³/mol. The van der Waals surface area contributed by atoms with Gasteiger partial charge in [0.05, 0.1) is 12.8 Å². The maximum absolute atomic E-state index is 12.7. The van der Waals surface area contributed by atoms with Crippen molar-refractivity contribution in [2.24, 2.45) is 5.41 Å². The van der Waals surface area contributed by atoms with Crippen LogP contribution in [-0.4, -0.2) is 48.6 Å².